The summed E-state index contributed by atoms with van der Waals surface area (Å²) in [4.78, 5) is 14.0. The van der Waals surface area contributed by atoms with Crippen LogP contribution in [0.2, 0.25) is 0 Å². The molecule has 0 aromatic heterocycles. The average Bonchev–Trinajstić information content (AvgIpc) is 2.54. The second-order valence-corrected chi connectivity index (χ2v) is 5.77. The van der Waals surface area contributed by atoms with Crippen LogP contribution in [0, 0.1) is 0 Å². The van der Waals surface area contributed by atoms with E-state index in [1.165, 1.54) is 0 Å². The van der Waals surface area contributed by atoms with Gasteiger partial charge in [0, 0.05) is 25.9 Å². The fraction of sp³-hybridized carbons (Fsp3) is 0.150. The van der Waals surface area contributed by atoms with Crippen molar-refractivity contribution in [3.05, 3.63) is 76.3 Å². The highest BCUT2D eigenvalue weighted by atomic mass is 16.5. The van der Waals surface area contributed by atoms with Gasteiger partial charge in [-0.1, -0.05) is 36.4 Å². The Morgan fingerprint density at radius 3 is 2.52 bits per heavy atom. The average molecular weight is 305 g/mol. The molecule has 1 aliphatic rings. The molecule has 0 saturated carbocycles. The third-order valence-electron chi connectivity index (χ3n) is 3.59. The van der Waals surface area contributed by atoms with Crippen LogP contribution < -0.4 is 15.2 Å². The molecule has 2 aromatic carbocycles. The second kappa shape index (κ2) is 6.53. The van der Waals surface area contributed by atoms with E-state index >= 15 is 0 Å². The Kier molecular flexibility index (Phi) is 4.29. The van der Waals surface area contributed by atoms with Crippen molar-refractivity contribution in [2.24, 2.45) is 0 Å². The van der Waals surface area contributed by atoms with Crippen LogP contribution >= 0.6 is 0 Å². The first-order valence-electron chi connectivity index (χ1n) is 7.55. The van der Waals surface area contributed by atoms with Gasteiger partial charge < -0.3 is 9.64 Å². The van der Waals surface area contributed by atoms with Gasteiger partial charge in [0.05, 0.1) is 0 Å². The molecule has 1 aliphatic carbocycles. The van der Waals surface area contributed by atoms with Gasteiger partial charge in [-0.05, 0) is 40.3 Å². The van der Waals surface area contributed by atoms with Crippen LogP contribution in [0.3, 0.4) is 0 Å². The molecule has 116 valence electrons. The lowest BCUT2D eigenvalue weighted by atomic mass is 10.0. The van der Waals surface area contributed by atoms with E-state index in [0.717, 1.165) is 21.8 Å². The molecule has 0 unspecified atom stereocenters. The summed E-state index contributed by atoms with van der Waals surface area (Å²) in [5.41, 5.74) is 1.81. The Morgan fingerprint density at radius 2 is 1.78 bits per heavy atom. The molecule has 0 bridgehead atoms. The van der Waals surface area contributed by atoms with Crippen molar-refractivity contribution in [1.82, 2.24) is 4.90 Å². The van der Waals surface area contributed by atoms with Crippen molar-refractivity contribution in [2.75, 3.05) is 14.1 Å². The Bertz CT molecular complexity index is 864. The lowest BCUT2D eigenvalue weighted by Gasteiger charge is -2.10. The van der Waals surface area contributed by atoms with E-state index in [4.69, 9.17) is 4.74 Å². The lowest BCUT2D eigenvalue weighted by Crippen LogP contribution is -2.30. The predicted octanol–water partition coefficient (Wildman–Crippen LogP) is 1.85. The van der Waals surface area contributed by atoms with Crippen molar-refractivity contribution in [1.29, 1.82) is 0 Å². The molecule has 2 aromatic rings. The van der Waals surface area contributed by atoms with Crippen LogP contribution in [-0.4, -0.2) is 24.8 Å². The zero-order valence-electron chi connectivity index (χ0n) is 13.3. The quantitative estimate of drug-likeness (QED) is 0.808. The standard InChI is InChI=1S/C20H19NO2/c1-21(2)13-18-10-16-8-9-19(11-17(16)12-20(18)22)23-14-15-6-4-3-5-7-15/h3-13H,14H2,1-2H3. The molecule has 0 heterocycles. The van der Waals surface area contributed by atoms with Crippen molar-refractivity contribution >= 4 is 17.9 Å². The number of fused-ring (bicyclic) bond motifs is 1. The lowest BCUT2D eigenvalue weighted by molar-refractivity contribution is -0.109. The van der Waals surface area contributed by atoms with E-state index in [1.807, 2.05) is 79.8 Å². The number of benzene rings is 2. The first-order chi connectivity index (χ1) is 11.1. The zero-order chi connectivity index (χ0) is 16.2. The maximum Gasteiger partial charge on any atom is 0.187 e. The molecular weight excluding hydrogens is 286 g/mol. The van der Waals surface area contributed by atoms with Crippen molar-refractivity contribution in [2.45, 2.75) is 6.61 Å². The van der Waals surface area contributed by atoms with Gasteiger partial charge in [0.25, 0.3) is 0 Å². The summed E-state index contributed by atoms with van der Waals surface area (Å²) < 4.78 is 5.82. The molecule has 3 heteroatoms. The number of carbonyl (C=O) groups excluding carboxylic acids is 1. The van der Waals surface area contributed by atoms with Gasteiger partial charge in [0.2, 0.25) is 0 Å². The largest absolute Gasteiger partial charge is 0.489 e. The molecular formula is C20H19NO2. The summed E-state index contributed by atoms with van der Waals surface area (Å²) in [6.45, 7) is 0.517. The highest BCUT2D eigenvalue weighted by Crippen LogP contribution is 2.10. The summed E-state index contributed by atoms with van der Waals surface area (Å²) in [6, 6.07) is 15.9. The van der Waals surface area contributed by atoms with Crippen LogP contribution in [0.25, 0.3) is 12.2 Å². The number of hydrogen-bond donors (Lipinski definition) is 0. The fourth-order valence-electron chi connectivity index (χ4n) is 2.48. The van der Waals surface area contributed by atoms with E-state index in [1.54, 1.807) is 6.08 Å². The van der Waals surface area contributed by atoms with E-state index in [9.17, 15) is 4.79 Å². The number of hydrogen-bond acceptors (Lipinski definition) is 3. The minimum absolute atomic E-state index is 0.0198. The molecule has 23 heavy (non-hydrogen) atoms. The first kappa shape index (κ1) is 15.1. The first-order valence-corrected chi connectivity index (χ1v) is 7.55. The summed E-state index contributed by atoms with van der Waals surface area (Å²) in [5, 5.41) is 1.93. The minimum atomic E-state index is 0.0198. The molecule has 0 radical (unpaired) electrons. The van der Waals surface area contributed by atoms with Gasteiger partial charge in [-0.3, -0.25) is 4.79 Å². The van der Waals surface area contributed by atoms with Gasteiger partial charge in [0.15, 0.2) is 5.78 Å². The molecule has 3 rings (SSSR count). The van der Waals surface area contributed by atoms with Gasteiger partial charge in [-0.2, -0.15) is 0 Å². The van der Waals surface area contributed by atoms with Crippen molar-refractivity contribution in [3.8, 4) is 5.75 Å². The Labute approximate surface area is 135 Å². The van der Waals surface area contributed by atoms with Crippen molar-refractivity contribution in [3.63, 3.8) is 0 Å². The van der Waals surface area contributed by atoms with Crippen LogP contribution in [0.5, 0.6) is 5.75 Å². The Hall–Kier alpha value is -2.81. The normalized spacial score (nSPS) is 14.7. The number of nitrogens with zero attached hydrogens (tertiary/aromatic N) is 1. The molecule has 0 fully saturated rings. The highest BCUT2D eigenvalue weighted by molar-refractivity contribution is 6.22. The Morgan fingerprint density at radius 1 is 1.00 bits per heavy atom. The molecule has 0 amide bonds. The molecule has 3 nitrogen and oxygen atoms in total. The van der Waals surface area contributed by atoms with Gasteiger partial charge >= 0.3 is 0 Å². The monoisotopic (exact) mass is 305 g/mol. The predicted molar refractivity (Wildman–Crippen MR) is 92.2 cm³/mol. The number of allylic oxidation sites excluding steroid dienone is 1. The number of rotatable bonds is 4. The number of carbonyl (C=O) groups is 1. The molecule has 0 aliphatic heterocycles. The van der Waals surface area contributed by atoms with Gasteiger partial charge in [-0.25, -0.2) is 0 Å². The van der Waals surface area contributed by atoms with Crippen LogP contribution in [-0.2, 0) is 11.4 Å². The molecule has 0 N–H and O–H groups in total. The van der Waals surface area contributed by atoms with Crippen LogP contribution in [0.1, 0.15) is 5.56 Å². The van der Waals surface area contributed by atoms with Crippen LogP contribution in [0.4, 0.5) is 0 Å². The summed E-state index contributed by atoms with van der Waals surface area (Å²) in [6.07, 6.45) is 5.42. The zero-order valence-corrected chi connectivity index (χ0v) is 13.3. The smallest absolute Gasteiger partial charge is 0.187 e. The maximum atomic E-state index is 12.2. The van der Waals surface area contributed by atoms with Crippen LogP contribution in [0.15, 0.2) is 60.3 Å². The van der Waals surface area contributed by atoms with Crippen molar-refractivity contribution < 1.29 is 9.53 Å². The third kappa shape index (κ3) is 3.69. The Balaban J connectivity index is 1.85. The fourth-order valence-corrected chi connectivity index (χ4v) is 2.48. The maximum absolute atomic E-state index is 12.2. The van der Waals surface area contributed by atoms with E-state index in [0.29, 0.717) is 12.2 Å². The van der Waals surface area contributed by atoms with E-state index in [2.05, 4.69) is 0 Å². The van der Waals surface area contributed by atoms with Gasteiger partial charge in [0.1, 0.15) is 12.4 Å². The van der Waals surface area contributed by atoms with E-state index < -0.39 is 0 Å². The molecule has 0 saturated heterocycles. The summed E-state index contributed by atoms with van der Waals surface area (Å²) in [7, 11) is 3.81. The second-order valence-electron chi connectivity index (χ2n) is 5.77. The number of Topliss-reactive ketones (excluding diaryl/α,β-unsaturated/α-hetero) is 1. The molecule has 0 spiro atoms. The third-order valence-corrected chi connectivity index (χ3v) is 3.59. The summed E-state index contributed by atoms with van der Waals surface area (Å²) >= 11 is 0. The van der Waals surface area contributed by atoms with E-state index in [-0.39, 0.29) is 5.78 Å². The number of ketones is 1. The highest BCUT2D eigenvalue weighted by Gasteiger charge is 2.09. The minimum Gasteiger partial charge on any atom is -0.489 e. The molecule has 0 atom stereocenters. The SMILES string of the molecule is CN(C)C=C1C=c2ccc(OCc3ccccc3)cc2=CC1=O. The summed E-state index contributed by atoms with van der Waals surface area (Å²) in [5.74, 6) is 0.788. The van der Waals surface area contributed by atoms with Gasteiger partial charge in [-0.15, -0.1) is 0 Å². The number of ether oxygens (including phenoxy) is 1. The topological polar surface area (TPSA) is 29.5 Å².